The van der Waals surface area contributed by atoms with E-state index in [1.54, 1.807) is 6.20 Å². The molecule has 2 aromatic heterocycles. The Hall–Kier alpha value is -2.23. The summed E-state index contributed by atoms with van der Waals surface area (Å²) in [6.45, 7) is 4.02. The van der Waals surface area contributed by atoms with Gasteiger partial charge in [-0.05, 0) is 30.2 Å². The quantitative estimate of drug-likeness (QED) is 0.614. The molecule has 0 aliphatic carbocycles. The van der Waals surface area contributed by atoms with Gasteiger partial charge in [-0.25, -0.2) is 4.79 Å². The summed E-state index contributed by atoms with van der Waals surface area (Å²) in [5.74, 6) is -0.381. The molecular formula is C14H12N2O2. The van der Waals surface area contributed by atoms with Crippen molar-refractivity contribution in [2.24, 2.45) is 0 Å². The van der Waals surface area contributed by atoms with Crippen molar-refractivity contribution >= 4 is 21.9 Å². The first-order valence-corrected chi connectivity index (χ1v) is 5.85. The lowest BCUT2D eigenvalue weighted by Crippen LogP contribution is -2.09. The molecule has 3 rings (SSSR count). The third-order valence-electron chi connectivity index (χ3n) is 2.96. The Morgan fingerprint density at radius 1 is 1.17 bits per heavy atom. The van der Waals surface area contributed by atoms with Crippen LogP contribution in [0, 0.1) is 0 Å². The third-order valence-corrected chi connectivity index (χ3v) is 2.96. The number of fused-ring (bicyclic) bond motifs is 3. The second-order valence-electron chi connectivity index (χ2n) is 4.53. The SMILES string of the molecule is CC(C)c1nc(=O)oc2c1ccc1ncccc12. The molecule has 0 aliphatic rings. The molecule has 0 saturated carbocycles. The Labute approximate surface area is 103 Å². The van der Waals surface area contributed by atoms with E-state index in [0.717, 1.165) is 22.0 Å². The van der Waals surface area contributed by atoms with E-state index < -0.39 is 5.76 Å². The van der Waals surface area contributed by atoms with Crippen LogP contribution in [0.15, 0.2) is 39.7 Å². The Balaban J connectivity index is 2.55. The number of benzene rings is 1. The van der Waals surface area contributed by atoms with Crippen LogP contribution >= 0.6 is 0 Å². The summed E-state index contributed by atoms with van der Waals surface area (Å²) >= 11 is 0. The van der Waals surface area contributed by atoms with Gasteiger partial charge in [-0.3, -0.25) is 4.98 Å². The van der Waals surface area contributed by atoms with Crippen molar-refractivity contribution < 1.29 is 4.42 Å². The minimum Gasteiger partial charge on any atom is -0.407 e. The predicted molar refractivity (Wildman–Crippen MR) is 69.7 cm³/mol. The maximum Gasteiger partial charge on any atom is 0.439 e. The zero-order chi connectivity index (χ0) is 12.7. The molecule has 0 unspecified atom stereocenters. The lowest BCUT2D eigenvalue weighted by atomic mass is 10.0. The van der Waals surface area contributed by atoms with Crippen molar-refractivity contribution in [2.45, 2.75) is 19.8 Å². The molecule has 4 heteroatoms. The van der Waals surface area contributed by atoms with Gasteiger partial charge >= 0.3 is 5.76 Å². The zero-order valence-corrected chi connectivity index (χ0v) is 10.2. The number of nitrogens with zero attached hydrogens (tertiary/aromatic N) is 2. The van der Waals surface area contributed by atoms with Crippen LogP contribution in [0.4, 0.5) is 0 Å². The number of hydrogen-bond acceptors (Lipinski definition) is 4. The van der Waals surface area contributed by atoms with E-state index in [-0.39, 0.29) is 5.92 Å². The lowest BCUT2D eigenvalue weighted by Gasteiger charge is -2.08. The summed E-state index contributed by atoms with van der Waals surface area (Å²) < 4.78 is 5.26. The van der Waals surface area contributed by atoms with Crippen LogP contribution in [0.5, 0.6) is 0 Å². The average molecular weight is 240 g/mol. The second-order valence-corrected chi connectivity index (χ2v) is 4.53. The normalized spacial score (nSPS) is 11.5. The van der Waals surface area contributed by atoms with E-state index in [1.165, 1.54) is 0 Å². The van der Waals surface area contributed by atoms with Crippen molar-refractivity contribution in [1.29, 1.82) is 0 Å². The van der Waals surface area contributed by atoms with Crippen LogP contribution < -0.4 is 5.76 Å². The van der Waals surface area contributed by atoms with Crippen LogP contribution in [0.3, 0.4) is 0 Å². The number of rotatable bonds is 1. The van der Waals surface area contributed by atoms with Crippen molar-refractivity contribution in [2.75, 3.05) is 0 Å². The van der Waals surface area contributed by atoms with Gasteiger partial charge in [-0.2, -0.15) is 4.98 Å². The summed E-state index contributed by atoms with van der Waals surface area (Å²) in [5, 5.41) is 1.72. The van der Waals surface area contributed by atoms with E-state index >= 15 is 0 Å². The highest BCUT2D eigenvalue weighted by Crippen LogP contribution is 2.27. The molecule has 0 radical (unpaired) electrons. The topological polar surface area (TPSA) is 56.0 Å². The fourth-order valence-electron chi connectivity index (χ4n) is 2.15. The third kappa shape index (κ3) is 1.57. The van der Waals surface area contributed by atoms with Gasteiger partial charge in [0.25, 0.3) is 0 Å². The summed E-state index contributed by atoms with van der Waals surface area (Å²) in [4.78, 5) is 19.8. The van der Waals surface area contributed by atoms with Gasteiger partial charge in [0.1, 0.15) is 0 Å². The highest BCUT2D eigenvalue weighted by atomic mass is 16.4. The minimum atomic E-state index is -0.553. The molecule has 0 aliphatic heterocycles. The van der Waals surface area contributed by atoms with Gasteiger partial charge in [0, 0.05) is 17.0 Å². The van der Waals surface area contributed by atoms with Gasteiger partial charge in [0.15, 0.2) is 5.58 Å². The largest absolute Gasteiger partial charge is 0.439 e. The predicted octanol–water partition coefficient (Wildman–Crippen LogP) is 2.86. The van der Waals surface area contributed by atoms with E-state index in [0.29, 0.717) is 5.58 Å². The molecule has 0 spiro atoms. The van der Waals surface area contributed by atoms with Crippen LogP contribution in [0.25, 0.3) is 21.9 Å². The van der Waals surface area contributed by atoms with Crippen molar-refractivity contribution in [3.63, 3.8) is 0 Å². The van der Waals surface area contributed by atoms with Gasteiger partial charge in [-0.1, -0.05) is 13.8 Å². The molecule has 1 aromatic carbocycles. The first-order chi connectivity index (χ1) is 8.66. The Morgan fingerprint density at radius 3 is 2.78 bits per heavy atom. The first-order valence-electron chi connectivity index (χ1n) is 5.85. The highest BCUT2D eigenvalue weighted by molar-refractivity contribution is 6.03. The maximum absolute atomic E-state index is 11.6. The number of pyridine rings is 1. The molecule has 0 fully saturated rings. The van der Waals surface area contributed by atoms with Crippen molar-refractivity contribution in [1.82, 2.24) is 9.97 Å². The molecule has 0 bridgehead atoms. The van der Waals surface area contributed by atoms with Crippen LogP contribution in [-0.4, -0.2) is 9.97 Å². The molecule has 0 N–H and O–H groups in total. The summed E-state index contributed by atoms with van der Waals surface area (Å²) in [6, 6.07) is 7.57. The van der Waals surface area contributed by atoms with Gasteiger partial charge in [-0.15, -0.1) is 0 Å². The number of hydrogen-bond donors (Lipinski definition) is 0. The fraction of sp³-hybridized carbons (Fsp3) is 0.214. The molecule has 0 amide bonds. The Morgan fingerprint density at radius 2 is 2.00 bits per heavy atom. The molecular weight excluding hydrogens is 228 g/mol. The van der Waals surface area contributed by atoms with Gasteiger partial charge in [0.2, 0.25) is 0 Å². The van der Waals surface area contributed by atoms with E-state index in [4.69, 9.17) is 4.42 Å². The van der Waals surface area contributed by atoms with Crippen LogP contribution in [0.2, 0.25) is 0 Å². The fourth-order valence-corrected chi connectivity index (χ4v) is 2.15. The lowest BCUT2D eigenvalue weighted by molar-refractivity contribution is 0.526. The molecule has 2 heterocycles. The molecule has 0 atom stereocenters. The Bertz CT molecular complexity index is 791. The van der Waals surface area contributed by atoms with E-state index in [1.807, 2.05) is 38.1 Å². The zero-order valence-electron chi connectivity index (χ0n) is 10.2. The molecule has 3 aromatic rings. The Kier molecular flexibility index (Phi) is 2.37. The summed E-state index contributed by atoms with van der Waals surface area (Å²) in [6.07, 6.45) is 1.72. The summed E-state index contributed by atoms with van der Waals surface area (Å²) in [5.41, 5.74) is 2.16. The van der Waals surface area contributed by atoms with Crippen LogP contribution in [-0.2, 0) is 0 Å². The molecule has 0 saturated heterocycles. The van der Waals surface area contributed by atoms with Crippen molar-refractivity contribution in [3.05, 3.63) is 46.7 Å². The van der Waals surface area contributed by atoms with E-state index in [9.17, 15) is 4.79 Å². The van der Waals surface area contributed by atoms with Crippen molar-refractivity contribution in [3.8, 4) is 0 Å². The monoisotopic (exact) mass is 240 g/mol. The minimum absolute atomic E-state index is 0.172. The van der Waals surface area contributed by atoms with E-state index in [2.05, 4.69) is 9.97 Å². The van der Waals surface area contributed by atoms with Crippen LogP contribution in [0.1, 0.15) is 25.5 Å². The molecule has 4 nitrogen and oxygen atoms in total. The van der Waals surface area contributed by atoms with Gasteiger partial charge < -0.3 is 4.42 Å². The molecule has 18 heavy (non-hydrogen) atoms. The average Bonchev–Trinajstić information content (AvgIpc) is 2.37. The molecule has 90 valence electrons. The number of aromatic nitrogens is 2. The standard InChI is InChI=1S/C14H12N2O2/c1-8(2)12-10-5-6-11-9(4-3-7-15-11)13(10)18-14(17)16-12/h3-8H,1-2H3. The second kappa shape index (κ2) is 3.91. The maximum atomic E-state index is 11.6. The summed E-state index contributed by atoms with van der Waals surface area (Å²) in [7, 11) is 0. The first kappa shape index (κ1) is 10.9. The highest BCUT2D eigenvalue weighted by Gasteiger charge is 2.12. The smallest absolute Gasteiger partial charge is 0.407 e. The van der Waals surface area contributed by atoms with Gasteiger partial charge in [0.05, 0.1) is 11.2 Å².